The largest absolute Gasteiger partial charge is 0.387 e. The molecular weight excluding hydrogens is 309 g/mol. The van der Waals surface area contributed by atoms with Crippen LogP contribution in [0, 0.1) is 11.7 Å². The molecule has 1 N–H and O–H groups in total. The van der Waals surface area contributed by atoms with Gasteiger partial charge >= 0.3 is 0 Å². The first-order valence-electron chi connectivity index (χ1n) is 8.62. The molecule has 4 rings (SSSR count). The predicted octanol–water partition coefficient (Wildman–Crippen LogP) is 2.07. The van der Waals surface area contributed by atoms with Gasteiger partial charge in [-0.15, -0.1) is 0 Å². The minimum absolute atomic E-state index is 0.197. The number of hydrogen-bond acceptors (Lipinski definition) is 4. The molecular formula is C18H22FN3O2. The molecule has 1 spiro atoms. The average Bonchev–Trinajstić information content (AvgIpc) is 3.16. The third-order valence-corrected chi connectivity index (χ3v) is 5.08. The topological polar surface area (TPSA) is 53.9 Å². The fourth-order valence-corrected chi connectivity index (χ4v) is 3.50. The number of carbonyl (C=O) groups is 1. The molecule has 1 unspecified atom stereocenters. The number of halogens is 1. The number of rotatable bonds is 5. The third-order valence-electron chi connectivity index (χ3n) is 5.08. The van der Waals surface area contributed by atoms with Crippen molar-refractivity contribution >= 4 is 11.6 Å². The number of hydrogen-bond donors (Lipinski definition) is 1. The van der Waals surface area contributed by atoms with Gasteiger partial charge in [0.2, 0.25) is 0 Å². The number of nitrogens with one attached hydrogen (secondary N) is 1. The molecule has 5 nitrogen and oxygen atoms in total. The summed E-state index contributed by atoms with van der Waals surface area (Å²) in [4.78, 5) is 20.4. The lowest BCUT2D eigenvalue weighted by atomic mass is 9.96. The summed E-state index contributed by atoms with van der Waals surface area (Å²) in [5.41, 5.74) is 1.01. The number of oxime groups is 1. The van der Waals surface area contributed by atoms with E-state index in [9.17, 15) is 9.18 Å². The van der Waals surface area contributed by atoms with Crippen molar-refractivity contribution in [3.63, 3.8) is 0 Å². The lowest BCUT2D eigenvalue weighted by molar-refractivity contribution is -0.115. The molecule has 0 aromatic heterocycles. The van der Waals surface area contributed by atoms with E-state index < -0.39 is 0 Å². The van der Waals surface area contributed by atoms with Crippen LogP contribution in [0.5, 0.6) is 0 Å². The first-order valence-corrected chi connectivity index (χ1v) is 8.62. The van der Waals surface area contributed by atoms with Crippen molar-refractivity contribution in [2.45, 2.75) is 37.8 Å². The number of nitrogens with zero attached hydrogens (tertiary/aromatic N) is 2. The number of benzene rings is 1. The van der Waals surface area contributed by atoms with Crippen molar-refractivity contribution in [1.29, 1.82) is 0 Å². The molecule has 0 radical (unpaired) electrons. The molecule has 1 amide bonds. The van der Waals surface area contributed by atoms with Gasteiger partial charge in [0.15, 0.2) is 5.60 Å². The first kappa shape index (κ1) is 15.6. The third kappa shape index (κ3) is 3.43. The molecule has 1 saturated heterocycles. The van der Waals surface area contributed by atoms with E-state index in [2.05, 4.69) is 15.4 Å². The molecule has 1 aromatic rings. The smallest absolute Gasteiger partial charge is 0.269 e. The Kier molecular flexibility index (Phi) is 4.00. The Labute approximate surface area is 140 Å². The van der Waals surface area contributed by atoms with Gasteiger partial charge in [0.05, 0.1) is 0 Å². The molecule has 128 valence electrons. The first-order chi connectivity index (χ1) is 11.6. The summed E-state index contributed by atoms with van der Waals surface area (Å²) >= 11 is 0. The fraction of sp³-hybridized carbons (Fsp3) is 0.556. The number of amides is 1. The molecule has 1 aromatic carbocycles. The second-order valence-electron chi connectivity index (χ2n) is 7.23. The fourth-order valence-electron chi connectivity index (χ4n) is 3.50. The van der Waals surface area contributed by atoms with E-state index in [1.165, 1.54) is 25.0 Å². The second-order valence-corrected chi connectivity index (χ2v) is 7.23. The van der Waals surface area contributed by atoms with Crippen molar-refractivity contribution in [3.05, 3.63) is 35.6 Å². The predicted molar refractivity (Wildman–Crippen MR) is 87.9 cm³/mol. The van der Waals surface area contributed by atoms with Crippen molar-refractivity contribution in [2.75, 3.05) is 19.6 Å². The molecule has 2 heterocycles. The molecule has 1 atom stereocenters. The highest BCUT2D eigenvalue weighted by Gasteiger charge is 2.47. The van der Waals surface area contributed by atoms with Gasteiger partial charge in [-0.05, 0) is 36.5 Å². The minimum Gasteiger partial charge on any atom is -0.387 e. The van der Waals surface area contributed by atoms with Gasteiger partial charge in [-0.25, -0.2) is 4.39 Å². The summed E-state index contributed by atoms with van der Waals surface area (Å²) in [6, 6.07) is 6.10. The van der Waals surface area contributed by atoms with Gasteiger partial charge in [-0.2, -0.15) is 0 Å². The second kappa shape index (κ2) is 6.16. The monoisotopic (exact) mass is 331 g/mol. The van der Waals surface area contributed by atoms with E-state index in [1.54, 1.807) is 12.1 Å². The summed E-state index contributed by atoms with van der Waals surface area (Å²) in [6.07, 6.45) is 4.19. The molecule has 1 aliphatic carbocycles. The Morgan fingerprint density at radius 3 is 2.92 bits per heavy atom. The molecule has 2 aliphatic heterocycles. The Morgan fingerprint density at radius 2 is 2.17 bits per heavy atom. The van der Waals surface area contributed by atoms with Crippen LogP contribution in [0.2, 0.25) is 0 Å². The summed E-state index contributed by atoms with van der Waals surface area (Å²) in [5, 5.41) is 6.88. The maximum atomic E-state index is 12.9. The number of likely N-dealkylation sites (tertiary alicyclic amines) is 1. The van der Waals surface area contributed by atoms with Crippen LogP contribution in [0.3, 0.4) is 0 Å². The normalized spacial score (nSPS) is 26.5. The van der Waals surface area contributed by atoms with Gasteiger partial charge in [-0.1, -0.05) is 17.3 Å². The molecule has 1 saturated carbocycles. The molecule has 3 aliphatic rings. The Bertz CT molecular complexity index is 657. The average molecular weight is 331 g/mol. The van der Waals surface area contributed by atoms with Gasteiger partial charge in [-0.3, -0.25) is 9.69 Å². The zero-order chi connectivity index (χ0) is 16.6. The molecule has 0 bridgehead atoms. The lowest BCUT2D eigenvalue weighted by Gasteiger charge is -2.21. The zero-order valence-electron chi connectivity index (χ0n) is 13.6. The van der Waals surface area contributed by atoms with E-state index in [0.29, 0.717) is 18.7 Å². The van der Waals surface area contributed by atoms with E-state index in [-0.39, 0.29) is 17.3 Å². The van der Waals surface area contributed by atoms with Crippen LogP contribution in [0.4, 0.5) is 4.39 Å². The van der Waals surface area contributed by atoms with Gasteiger partial charge in [0, 0.05) is 39.0 Å². The number of carbonyl (C=O) groups excluding carboxylic acids is 1. The Hall–Kier alpha value is -1.95. The van der Waals surface area contributed by atoms with E-state index in [1.807, 2.05) is 0 Å². The standard InChI is InChI=1S/C18H22FN3O2/c19-15-5-3-13(4-6-15)10-20-17(23)16-9-18(24-21-16)7-8-22(12-18)11-14-1-2-14/h3-6,14H,1-2,7-12H2,(H,20,23). The van der Waals surface area contributed by atoms with E-state index in [4.69, 9.17) is 4.84 Å². The van der Waals surface area contributed by atoms with Gasteiger partial charge in [0.1, 0.15) is 11.5 Å². The SMILES string of the molecule is O=C(NCc1ccc(F)cc1)C1=NOC2(CCN(CC3CC3)C2)C1. The van der Waals surface area contributed by atoms with Crippen LogP contribution in [0.25, 0.3) is 0 Å². The minimum atomic E-state index is -0.308. The summed E-state index contributed by atoms with van der Waals surface area (Å²) in [6.45, 7) is 3.40. The van der Waals surface area contributed by atoms with Crippen LogP contribution in [0.1, 0.15) is 31.2 Å². The molecule has 2 fully saturated rings. The highest BCUT2D eigenvalue weighted by molar-refractivity contribution is 6.39. The highest BCUT2D eigenvalue weighted by Crippen LogP contribution is 2.37. The van der Waals surface area contributed by atoms with E-state index in [0.717, 1.165) is 37.5 Å². The van der Waals surface area contributed by atoms with Crippen molar-refractivity contribution in [1.82, 2.24) is 10.2 Å². The molecule has 6 heteroatoms. The van der Waals surface area contributed by atoms with Crippen LogP contribution in [-0.2, 0) is 16.2 Å². The maximum Gasteiger partial charge on any atom is 0.269 e. The Morgan fingerprint density at radius 1 is 1.38 bits per heavy atom. The van der Waals surface area contributed by atoms with E-state index >= 15 is 0 Å². The quantitative estimate of drug-likeness (QED) is 0.899. The Balaban J connectivity index is 1.28. The van der Waals surface area contributed by atoms with Crippen LogP contribution < -0.4 is 5.32 Å². The molecule has 24 heavy (non-hydrogen) atoms. The van der Waals surface area contributed by atoms with Crippen LogP contribution in [-0.4, -0.2) is 41.8 Å². The highest BCUT2D eigenvalue weighted by atomic mass is 19.1. The summed E-state index contributed by atoms with van der Waals surface area (Å²) < 4.78 is 12.9. The summed E-state index contributed by atoms with van der Waals surface area (Å²) in [7, 11) is 0. The van der Waals surface area contributed by atoms with Crippen molar-refractivity contribution in [2.24, 2.45) is 11.1 Å². The maximum absolute atomic E-state index is 12.9. The summed E-state index contributed by atoms with van der Waals surface area (Å²) in [5.74, 6) is 0.385. The lowest BCUT2D eigenvalue weighted by Crippen LogP contribution is -2.37. The van der Waals surface area contributed by atoms with Crippen molar-refractivity contribution < 1.29 is 14.0 Å². The zero-order valence-corrected chi connectivity index (χ0v) is 13.6. The van der Waals surface area contributed by atoms with Crippen molar-refractivity contribution in [3.8, 4) is 0 Å². The van der Waals surface area contributed by atoms with Crippen LogP contribution in [0.15, 0.2) is 29.4 Å². The van der Waals surface area contributed by atoms with Gasteiger partial charge < -0.3 is 10.2 Å². The van der Waals surface area contributed by atoms with Crippen LogP contribution >= 0.6 is 0 Å². The van der Waals surface area contributed by atoms with Gasteiger partial charge in [0.25, 0.3) is 5.91 Å².